The molecule has 0 bridgehead atoms. The maximum atomic E-state index is 11.9. The molecule has 2 atom stereocenters. The van der Waals surface area contributed by atoms with Crippen LogP contribution >= 0.6 is 0 Å². The van der Waals surface area contributed by atoms with Gasteiger partial charge in [-0.15, -0.1) is 0 Å². The molecule has 2 unspecified atom stereocenters. The lowest BCUT2D eigenvalue weighted by molar-refractivity contribution is -0.146. The number of esters is 1. The fourth-order valence-electron chi connectivity index (χ4n) is 2.84. The lowest BCUT2D eigenvalue weighted by atomic mass is 9.88. The summed E-state index contributed by atoms with van der Waals surface area (Å²) in [6, 6.07) is 0. The van der Waals surface area contributed by atoms with Gasteiger partial charge in [0.05, 0.1) is 6.61 Å². The van der Waals surface area contributed by atoms with Gasteiger partial charge in [-0.2, -0.15) is 0 Å². The molecule has 4 heteroatoms. The molecule has 0 saturated heterocycles. The summed E-state index contributed by atoms with van der Waals surface area (Å²) in [5.41, 5.74) is 0. The third kappa shape index (κ3) is 5.72. The average molecular weight is 270 g/mol. The molecule has 1 aliphatic carbocycles. The van der Waals surface area contributed by atoms with Crippen molar-refractivity contribution in [2.45, 2.75) is 58.3 Å². The highest BCUT2D eigenvalue weighted by atomic mass is 16.5. The highest BCUT2D eigenvalue weighted by Gasteiger charge is 2.35. The van der Waals surface area contributed by atoms with Crippen LogP contribution in [0.25, 0.3) is 0 Å². The summed E-state index contributed by atoms with van der Waals surface area (Å²) < 4.78 is 4.88. The number of Topliss-reactive ketones (excluding diaryl/α,β-unsaturated/α-hetero) is 1. The van der Waals surface area contributed by atoms with Crippen molar-refractivity contribution in [2.24, 2.45) is 11.8 Å². The normalized spacial score (nSPS) is 22.7. The zero-order valence-electron chi connectivity index (χ0n) is 11.9. The van der Waals surface area contributed by atoms with Crippen LogP contribution in [0.3, 0.4) is 0 Å². The monoisotopic (exact) mass is 270 g/mol. The number of unbranched alkanes of at least 4 members (excludes halogenated alkanes) is 3. The SMILES string of the molecule is CCCCCCC1C(=O)CCC1CC(=O)OCCO. The average Bonchev–Trinajstić information content (AvgIpc) is 2.73. The summed E-state index contributed by atoms with van der Waals surface area (Å²) in [4.78, 5) is 23.4. The Morgan fingerprint density at radius 3 is 2.84 bits per heavy atom. The van der Waals surface area contributed by atoms with E-state index < -0.39 is 0 Å². The summed E-state index contributed by atoms with van der Waals surface area (Å²) in [6.07, 6.45) is 7.30. The molecule has 4 nitrogen and oxygen atoms in total. The van der Waals surface area contributed by atoms with Gasteiger partial charge in [0, 0.05) is 18.8 Å². The number of carbonyl (C=O) groups excluding carboxylic acids is 2. The van der Waals surface area contributed by atoms with Crippen molar-refractivity contribution in [2.75, 3.05) is 13.2 Å². The van der Waals surface area contributed by atoms with Gasteiger partial charge in [-0.05, 0) is 18.8 Å². The number of hydrogen-bond acceptors (Lipinski definition) is 4. The van der Waals surface area contributed by atoms with Crippen molar-refractivity contribution in [3.63, 3.8) is 0 Å². The summed E-state index contributed by atoms with van der Waals surface area (Å²) in [6.45, 7) is 2.08. The molecule has 0 spiro atoms. The molecular weight excluding hydrogens is 244 g/mol. The molecule has 1 rings (SSSR count). The van der Waals surface area contributed by atoms with Gasteiger partial charge in [0.2, 0.25) is 0 Å². The first-order chi connectivity index (χ1) is 9.19. The van der Waals surface area contributed by atoms with Gasteiger partial charge in [0.15, 0.2) is 0 Å². The second-order valence-corrected chi connectivity index (χ2v) is 5.37. The van der Waals surface area contributed by atoms with Crippen LogP contribution in [0.4, 0.5) is 0 Å². The first kappa shape index (κ1) is 16.2. The predicted octanol–water partition coefficient (Wildman–Crippen LogP) is 2.48. The minimum atomic E-state index is -0.285. The van der Waals surface area contributed by atoms with E-state index in [4.69, 9.17) is 9.84 Å². The molecule has 110 valence electrons. The van der Waals surface area contributed by atoms with Crippen molar-refractivity contribution < 1.29 is 19.4 Å². The maximum absolute atomic E-state index is 11.9. The van der Waals surface area contributed by atoms with Crippen molar-refractivity contribution >= 4 is 11.8 Å². The van der Waals surface area contributed by atoms with Gasteiger partial charge >= 0.3 is 5.97 Å². The maximum Gasteiger partial charge on any atom is 0.306 e. The van der Waals surface area contributed by atoms with E-state index in [-0.39, 0.29) is 31.0 Å². The van der Waals surface area contributed by atoms with Gasteiger partial charge < -0.3 is 9.84 Å². The van der Waals surface area contributed by atoms with E-state index >= 15 is 0 Å². The van der Waals surface area contributed by atoms with E-state index in [9.17, 15) is 9.59 Å². The molecule has 19 heavy (non-hydrogen) atoms. The number of rotatable bonds is 9. The van der Waals surface area contributed by atoms with Crippen LogP contribution in [0.1, 0.15) is 58.3 Å². The van der Waals surface area contributed by atoms with E-state index in [0.29, 0.717) is 18.6 Å². The molecule has 0 radical (unpaired) electrons. The van der Waals surface area contributed by atoms with Crippen LogP contribution in [0.15, 0.2) is 0 Å². The lowest BCUT2D eigenvalue weighted by Gasteiger charge is -2.17. The molecule has 1 aliphatic rings. The first-order valence-electron chi connectivity index (χ1n) is 7.48. The molecule has 1 fully saturated rings. The van der Waals surface area contributed by atoms with Crippen molar-refractivity contribution in [1.29, 1.82) is 0 Å². The molecule has 0 aliphatic heterocycles. The summed E-state index contributed by atoms with van der Waals surface area (Å²) >= 11 is 0. The highest BCUT2D eigenvalue weighted by molar-refractivity contribution is 5.84. The van der Waals surface area contributed by atoms with E-state index in [2.05, 4.69) is 6.92 Å². The minimum absolute atomic E-state index is 0.0542. The third-order valence-corrected chi connectivity index (χ3v) is 3.90. The number of aliphatic hydroxyl groups is 1. The lowest BCUT2D eigenvalue weighted by Crippen LogP contribution is -2.20. The zero-order valence-corrected chi connectivity index (χ0v) is 11.9. The topological polar surface area (TPSA) is 63.6 Å². The Morgan fingerprint density at radius 2 is 2.16 bits per heavy atom. The largest absolute Gasteiger partial charge is 0.463 e. The van der Waals surface area contributed by atoms with Gasteiger partial charge in [0.25, 0.3) is 0 Å². The third-order valence-electron chi connectivity index (χ3n) is 3.90. The number of aliphatic hydroxyl groups excluding tert-OH is 1. The molecule has 0 aromatic carbocycles. The Kier molecular flexibility index (Phi) is 7.72. The smallest absolute Gasteiger partial charge is 0.306 e. The van der Waals surface area contributed by atoms with Crippen LogP contribution < -0.4 is 0 Å². The fourth-order valence-corrected chi connectivity index (χ4v) is 2.84. The van der Waals surface area contributed by atoms with Gasteiger partial charge in [-0.1, -0.05) is 32.6 Å². The fraction of sp³-hybridized carbons (Fsp3) is 0.867. The first-order valence-corrected chi connectivity index (χ1v) is 7.48. The molecule has 0 aromatic rings. The number of ether oxygens (including phenoxy) is 1. The zero-order chi connectivity index (χ0) is 14.1. The summed E-state index contributed by atoms with van der Waals surface area (Å²) in [5, 5.41) is 8.61. The molecule has 0 aromatic heterocycles. The second kappa shape index (κ2) is 9.08. The molecule has 0 heterocycles. The van der Waals surface area contributed by atoms with Gasteiger partial charge in [0.1, 0.15) is 12.4 Å². The Hall–Kier alpha value is -0.900. The van der Waals surface area contributed by atoms with Crippen LogP contribution in [0, 0.1) is 11.8 Å². The number of ketones is 1. The van der Waals surface area contributed by atoms with Gasteiger partial charge in [-0.3, -0.25) is 9.59 Å². The van der Waals surface area contributed by atoms with Crippen LogP contribution in [-0.2, 0) is 14.3 Å². The van der Waals surface area contributed by atoms with Crippen LogP contribution in [-0.4, -0.2) is 30.1 Å². The Labute approximate surface area is 115 Å². The highest BCUT2D eigenvalue weighted by Crippen LogP contribution is 2.35. The van der Waals surface area contributed by atoms with Crippen molar-refractivity contribution in [3.05, 3.63) is 0 Å². The molecule has 0 amide bonds. The van der Waals surface area contributed by atoms with Crippen LogP contribution in [0.5, 0.6) is 0 Å². The predicted molar refractivity (Wildman–Crippen MR) is 72.6 cm³/mol. The molecular formula is C15H26O4. The standard InChI is InChI=1S/C15H26O4/c1-2-3-4-5-6-13-12(7-8-14(13)17)11-15(18)19-10-9-16/h12-13,16H,2-11H2,1H3. The molecule has 1 saturated carbocycles. The molecule has 1 N–H and O–H groups in total. The number of carbonyl (C=O) groups is 2. The van der Waals surface area contributed by atoms with E-state index in [1.165, 1.54) is 19.3 Å². The van der Waals surface area contributed by atoms with Crippen LogP contribution in [0.2, 0.25) is 0 Å². The Morgan fingerprint density at radius 1 is 1.37 bits per heavy atom. The minimum Gasteiger partial charge on any atom is -0.463 e. The quantitative estimate of drug-likeness (QED) is 0.516. The van der Waals surface area contributed by atoms with Gasteiger partial charge in [-0.25, -0.2) is 0 Å². The van der Waals surface area contributed by atoms with E-state index in [0.717, 1.165) is 19.3 Å². The Bertz CT molecular complexity index is 288. The van der Waals surface area contributed by atoms with E-state index in [1.807, 2.05) is 0 Å². The van der Waals surface area contributed by atoms with E-state index in [1.54, 1.807) is 0 Å². The summed E-state index contributed by atoms with van der Waals surface area (Å²) in [5.74, 6) is 0.239. The summed E-state index contributed by atoms with van der Waals surface area (Å²) in [7, 11) is 0. The van der Waals surface area contributed by atoms with Crippen molar-refractivity contribution in [3.8, 4) is 0 Å². The second-order valence-electron chi connectivity index (χ2n) is 5.37. The Balaban J connectivity index is 2.34. The van der Waals surface area contributed by atoms with Crippen molar-refractivity contribution in [1.82, 2.24) is 0 Å². The number of hydrogen-bond donors (Lipinski definition) is 1.